The maximum absolute atomic E-state index is 9.08. The van der Waals surface area contributed by atoms with Crippen LogP contribution in [0.1, 0.15) is 6.92 Å². The second-order valence-corrected chi connectivity index (χ2v) is 4.23. The van der Waals surface area contributed by atoms with Crippen molar-refractivity contribution in [1.82, 2.24) is 0 Å². The zero-order valence-electron chi connectivity index (χ0n) is 7.52. The van der Waals surface area contributed by atoms with E-state index in [4.69, 9.17) is 39.9 Å². The largest absolute Gasteiger partial charge is 0.392 e. The van der Waals surface area contributed by atoms with E-state index in [2.05, 4.69) is 5.32 Å². The summed E-state index contributed by atoms with van der Waals surface area (Å²) in [6.45, 7) is 2.06. The predicted octanol–water partition coefficient (Wildman–Crippen LogP) is 3.44. The fourth-order valence-corrected chi connectivity index (χ4v) is 1.91. The summed E-state index contributed by atoms with van der Waals surface area (Å²) in [5.41, 5.74) is 0.596. The summed E-state index contributed by atoms with van der Waals surface area (Å²) in [4.78, 5) is 0. The summed E-state index contributed by atoms with van der Waals surface area (Å²) in [6.07, 6.45) is -0.460. The minimum Gasteiger partial charge on any atom is -0.392 e. The monoisotopic (exact) mass is 253 g/mol. The number of benzene rings is 1. The van der Waals surface area contributed by atoms with Crippen LogP contribution >= 0.6 is 34.8 Å². The van der Waals surface area contributed by atoms with E-state index in [1.807, 2.05) is 0 Å². The van der Waals surface area contributed by atoms with Gasteiger partial charge in [-0.1, -0.05) is 34.8 Å². The minimum absolute atomic E-state index is 0.390. The van der Waals surface area contributed by atoms with Crippen LogP contribution in [0.5, 0.6) is 0 Å². The molecule has 5 heteroatoms. The minimum atomic E-state index is -0.460. The van der Waals surface area contributed by atoms with Crippen LogP contribution in [-0.4, -0.2) is 17.8 Å². The van der Waals surface area contributed by atoms with Crippen LogP contribution in [0.2, 0.25) is 15.1 Å². The number of nitrogens with one attached hydrogen (secondary N) is 1. The Kier molecular flexibility index (Phi) is 4.32. The molecule has 0 fully saturated rings. The van der Waals surface area contributed by atoms with Gasteiger partial charge in [0.15, 0.2) is 0 Å². The Balaban J connectivity index is 2.86. The summed E-state index contributed by atoms with van der Waals surface area (Å²) in [5, 5.41) is 13.4. The first-order valence-electron chi connectivity index (χ1n) is 4.07. The summed E-state index contributed by atoms with van der Waals surface area (Å²) < 4.78 is 0. The van der Waals surface area contributed by atoms with E-state index < -0.39 is 6.10 Å². The van der Waals surface area contributed by atoms with Gasteiger partial charge in [-0.25, -0.2) is 0 Å². The molecule has 2 nitrogen and oxygen atoms in total. The van der Waals surface area contributed by atoms with Crippen molar-refractivity contribution >= 4 is 40.5 Å². The highest BCUT2D eigenvalue weighted by atomic mass is 35.5. The van der Waals surface area contributed by atoms with Crippen LogP contribution in [0.15, 0.2) is 12.1 Å². The van der Waals surface area contributed by atoms with E-state index in [1.165, 1.54) is 0 Å². The third-order valence-electron chi connectivity index (χ3n) is 1.58. The van der Waals surface area contributed by atoms with Gasteiger partial charge in [-0.05, 0) is 19.1 Å². The van der Waals surface area contributed by atoms with Gasteiger partial charge in [0.25, 0.3) is 0 Å². The molecule has 1 atom stereocenters. The molecule has 1 rings (SSSR count). The lowest BCUT2D eigenvalue weighted by Gasteiger charge is -2.12. The SMILES string of the molecule is C[C@@H](O)CNc1c(Cl)cc(Cl)cc1Cl. The fraction of sp³-hybridized carbons (Fsp3) is 0.333. The summed E-state index contributed by atoms with van der Waals surface area (Å²) in [5.74, 6) is 0. The van der Waals surface area contributed by atoms with E-state index >= 15 is 0 Å². The molecule has 0 unspecified atom stereocenters. The lowest BCUT2D eigenvalue weighted by atomic mass is 10.3. The molecule has 2 N–H and O–H groups in total. The van der Waals surface area contributed by atoms with Crippen molar-refractivity contribution < 1.29 is 5.11 Å². The zero-order chi connectivity index (χ0) is 10.7. The molecule has 1 aromatic rings. The molecule has 0 amide bonds. The third kappa shape index (κ3) is 3.21. The van der Waals surface area contributed by atoms with Crippen molar-refractivity contribution in [3.63, 3.8) is 0 Å². The van der Waals surface area contributed by atoms with Crippen molar-refractivity contribution in [2.24, 2.45) is 0 Å². The predicted molar refractivity (Wildman–Crippen MR) is 61.6 cm³/mol. The Labute approximate surface area is 97.8 Å². The van der Waals surface area contributed by atoms with Gasteiger partial charge in [0.1, 0.15) is 0 Å². The Bertz CT molecular complexity index is 305. The van der Waals surface area contributed by atoms with E-state index in [1.54, 1.807) is 19.1 Å². The van der Waals surface area contributed by atoms with Gasteiger partial charge >= 0.3 is 0 Å². The van der Waals surface area contributed by atoms with Crippen molar-refractivity contribution in [1.29, 1.82) is 0 Å². The quantitative estimate of drug-likeness (QED) is 0.866. The standard InChI is InChI=1S/C9H10Cl3NO/c1-5(14)4-13-9-7(11)2-6(10)3-8(9)12/h2-3,5,13-14H,4H2,1H3/t5-/m1/s1. The lowest BCUT2D eigenvalue weighted by Crippen LogP contribution is -2.15. The zero-order valence-corrected chi connectivity index (χ0v) is 9.79. The molecule has 1 aromatic carbocycles. The average molecular weight is 255 g/mol. The number of rotatable bonds is 3. The molecule has 14 heavy (non-hydrogen) atoms. The van der Waals surface area contributed by atoms with Crippen molar-refractivity contribution in [3.8, 4) is 0 Å². The smallest absolute Gasteiger partial charge is 0.0720 e. The first kappa shape index (κ1) is 11.9. The molecule has 0 aliphatic rings. The molecular weight excluding hydrogens is 244 g/mol. The average Bonchev–Trinajstić information content (AvgIpc) is 2.01. The van der Waals surface area contributed by atoms with Crippen molar-refractivity contribution in [3.05, 3.63) is 27.2 Å². The van der Waals surface area contributed by atoms with Crippen LogP contribution in [0.4, 0.5) is 5.69 Å². The number of halogens is 3. The van der Waals surface area contributed by atoms with Crippen LogP contribution in [0, 0.1) is 0 Å². The summed E-state index contributed by atoms with van der Waals surface area (Å²) >= 11 is 17.5. The molecule has 0 heterocycles. The van der Waals surface area contributed by atoms with Crippen molar-refractivity contribution in [2.45, 2.75) is 13.0 Å². The third-order valence-corrected chi connectivity index (χ3v) is 2.40. The van der Waals surface area contributed by atoms with Crippen LogP contribution in [-0.2, 0) is 0 Å². The number of anilines is 1. The maximum Gasteiger partial charge on any atom is 0.0720 e. The second kappa shape index (κ2) is 5.08. The molecule has 0 saturated carbocycles. The molecule has 0 aliphatic carbocycles. The van der Waals surface area contributed by atoms with E-state index in [-0.39, 0.29) is 0 Å². The van der Waals surface area contributed by atoms with E-state index in [0.717, 1.165) is 0 Å². The maximum atomic E-state index is 9.08. The molecule has 0 saturated heterocycles. The number of aliphatic hydroxyl groups is 1. The Hall–Kier alpha value is -0.150. The summed E-state index contributed by atoms with van der Waals surface area (Å²) in [6, 6.07) is 3.19. The fourth-order valence-electron chi connectivity index (χ4n) is 0.961. The van der Waals surface area contributed by atoms with E-state index in [9.17, 15) is 0 Å². The Morgan fingerprint density at radius 3 is 2.21 bits per heavy atom. The molecule has 78 valence electrons. The van der Waals surface area contributed by atoms with Gasteiger partial charge in [-0.3, -0.25) is 0 Å². The molecular formula is C9H10Cl3NO. The van der Waals surface area contributed by atoms with Crippen LogP contribution in [0.25, 0.3) is 0 Å². The molecule has 0 aliphatic heterocycles. The molecule has 0 aromatic heterocycles. The highest BCUT2D eigenvalue weighted by Crippen LogP contribution is 2.33. The first-order chi connectivity index (χ1) is 6.50. The second-order valence-electron chi connectivity index (χ2n) is 2.97. The van der Waals surface area contributed by atoms with Crippen molar-refractivity contribution in [2.75, 3.05) is 11.9 Å². The topological polar surface area (TPSA) is 32.3 Å². The highest BCUT2D eigenvalue weighted by molar-refractivity contribution is 6.41. The number of hydrogen-bond acceptors (Lipinski definition) is 2. The highest BCUT2D eigenvalue weighted by Gasteiger charge is 2.07. The van der Waals surface area contributed by atoms with Crippen LogP contribution in [0.3, 0.4) is 0 Å². The van der Waals surface area contributed by atoms with E-state index in [0.29, 0.717) is 27.3 Å². The van der Waals surface area contributed by atoms with Gasteiger partial charge in [0.05, 0.1) is 21.8 Å². The number of hydrogen-bond donors (Lipinski definition) is 2. The normalized spacial score (nSPS) is 12.6. The van der Waals surface area contributed by atoms with Gasteiger partial charge in [0, 0.05) is 11.6 Å². The van der Waals surface area contributed by atoms with Gasteiger partial charge in [-0.15, -0.1) is 0 Å². The Morgan fingerprint density at radius 2 is 1.79 bits per heavy atom. The first-order valence-corrected chi connectivity index (χ1v) is 5.20. The number of aliphatic hydroxyl groups excluding tert-OH is 1. The van der Waals surface area contributed by atoms with Gasteiger partial charge in [-0.2, -0.15) is 0 Å². The van der Waals surface area contributed by atoms with Gasteiger partial charge in [0.2, 0.25) is 0 Å². The molecule has 0 spiro atoms. The molecule has 0 bridgehead atoms. The summed E-state index contributed by atoms with van der Waals surface area (Å²) in [7, 11) is 0. The lowest BCUT2D eigenvalue weighted by molar-refractivity contribution is 0.208. The van der Waals surface area contributed by atoms with Gasteiger partial charge < -0.3 is 10.4 Å². The van der Waals surface area contributed by atoms with Crippen LogP contribution < -0.4 is 5.32 Å². The molecule has 0 radical (unpaired) electrons. The Morgan fingerprint density at radius 1 is 1.29 bits per heavy atom.